The molecule has 0 bridgehead atoms. The zero-order valence-electron chi connectivity index (χ0n) is 12.6. The van der Waals surface area contributed by atoms with E-state index in [0.717, 1.165) is 36.8 Å². The Morgan fingerprint density at radius 1 is 1.29 bits per heavy atom. The number of nitrogens with zero attached hydrogens (tertiary/aromatic N) is 2. The van der Waals surface area contributed by atoms with Crippen molar-refractivity contribution in [3.05, 3.63) is 52.1 Å². The van der Waals surface area contributed by atoms with Crippen LogP contribution in [0.15, 0.2) is 35.7 Å². The quantitative estimate of drug-likeness (QED) is 0.698. The van der Waals surface area contributed by atoms with Gasteiger partial charge in [-0.3, -0.25) is 0 Å². The number of fused-ring (bicyclic) bond motifs is 1. The van der Waals surface area contributed by atoms with E-state index in [1.807, 2.05) is 0 Å². The second-order valence-corrected chi connectivity index (χ2v) is 6.38. The minimum atomic E-state index is 0.848. The third-order valence-electron chi connectivity index (χ3n) is 3.62. The molecular formula is C17H21N3S. The Balaban J connectivity index is 1.94. The van der Waals surface area contributed by atoms with Gasteiger partial charge < -0.3 is 9.88 Å². The number of rotatable bonds is 6. The predicted molar refractivity (Wildman–Crippen MR) is 89.9 cm³/mol. The van der Waals surface area contributed by atoms with E-state index in [1.165, 1.54) is 16.6 Å². The van der Waals surface area contributed by atoms with Crippen molar-refractivity contribution in [2.45, 2.75) is 33.4 Å². The van der Waals surface area contributed by atoms with Gasteiger partial charge in [0.15, 0.2) is 0 Å². The Morgan fingerprint density at radius 2 is 2.14 bits per heavy atom. The highest BCUT2D eigenvalue weighted by atomic mass is 32.1. The SMILES string of the molecule is CCCNCc1cc2ccccc2n1Cc1csc(C)n1. The van der Waals surface area contributed by atoms with Crippen molar-refractivity contribution in [2.75, 3.05) is 6.54 Å². The number of hydrogen-bond acceptors (Lipinski definition) is 3. The van der Waals surface area contributed by atoms with Gasteiger partial charge in [0, 0.05) is 23.1 Å². The molecule has 0 spiro atoms. The molecule has 0 aliphatic heterocycles. The number of aromatic nitrogens is 2. The van der Waals surface area contributed by atoms with Crippen molar-refractivity contribution < 1.29 is 0 Å². The minimum Gasteiger partial charge on any atom is -0.337 e. The molecule has 1 aromatic carbocycles. The van der Waals surface area contributed by atoms with E-state index in [9.17, 15) is 0 Å². The predicted octanol–water partition coefficient (Wildman–Crippen LogP) is 3.95. The summed E-state index contributed by atoms with van der Waals surface area (Å²) in [5, 5.41) is 8.10. The smallest absolute Gasteiger partial charge is 0.0898 e. The number of para-hydroxylation sites is 1. The maximum atomic E-state index is 4.61. The van der Waals surface area contributed by atoms with Crippen LogP contribution >= 0.6 is 11.3 Å². The topological polar surface area (TPSA) is 29.9 Å². The minimum absolute atomic E-state index is 0.848. The molecule has 0 aliphatic carbocycles. The van der Waals surface area contributed by atoms with Crippen LogP contribution in [0, 0.1) is 6.92 Å². The van der Waals surface area contributed by atoms with E-state index in [0.29, 0.717) is 0 Å². The Bertz CT molecular complexity index is 727. The Morgan fingerprint density at radius 3 is 2.90 bits per heavy atom. The molecule has 0 unspecified atom stereocenters. The molecule has 0 aliphatic rings. The maximum absolute atomic E-state index is 4.61. The van der Waals surface area contributed by atoms with E-state index in [2.05, 4.69) is 64.4 Å². The maximum Gasteiger partial charge on any atom is 0.0898 e. The first-order valence-corrected chi connectivity index (χ1v) is 8.34. The summed E-state index contributed by atoms with van der Waals surface area (Å²) in [6.07, 6.45) is 1.16. The summed E-state index contributed by atoms with van der Waals surface area (Å²) in [5.74, 6) is 0. The lowest BCUT2D eigenvalue weighted by atomic mass is 10.2. The number of benzene rings is 1. The molecule has 3 rings (SSSR count). The molecule has 1 N–H and O–H groups in total. The van der Waals surface area contributed by atoms with Crippen molar-refractivity contribution in [3.63, 3.8) is 0 Å². The molecule has 21 heavy (non-hydrogen) atoms. The fourth-order valence-electron chi connectivity index (χ4n) is 2.64. The van der Waals surface area contributed by atoms with Gasteiger partial charge in [-0.25, -0.2) is 4.98 Å². The summed E-state index contributed by atoms with van der Waals surface area (Å²) in [6, 6.07) is 10.9. The fourth-order valence-corrected chi connectivity index (χ4v) is 3.24. The molecule has 3 aromatic rings. The molecule has 110 valence electrons. The summed E-state index contributed by atoms with van der Waals surface area (Å²) < 4.78 is 2.38. The number of thiazole rings is 1. The molecule has 0 saturated carbocycles. The molecule has 2 aromatic heterocycles. The number of aryl methyl sites for hydroxylation is 1. The summed E-state index contributed by atoms with van der Waals surface area (Å²) in [5.41, 5.74) is 3.77. The first-order valence-electron chi connectivity index (χ1n) is 7.47. The Labute approximate surface area is 129 Å². The molecular weight excluding hydrogens is 278 g/mol. The molecule has 3 nitrogen and oxygen atoms in total. The van der Waals surface area contributed by atoms with Gasteiger partial charge in [-0.15, -0.1) is 11.3 Å². The van der Waals surface area contributed by atoms with Gasteiger partial charge in [-0.1, -0.05) is 25.1 Å². The molecule has 4 heteroatoms. The van der Waals surface area contributed by atoms with Crippen molar-refractivity contribution in [1.29, 1.82) is 0 Å². The largest absolute Gasteiger partial charge is 0.337 e. The second kappa shape index (κ2) is 6.41. The average Bonchev–Trinajstić information content (AvgIpc) is 3.05. The average molecular weight is 299 g/mol. The van der Waals surface area contributed by atoms with Gasteiger partial charge >= 0.3 is 0 Å². The van der Waals surface area contributed by atoms with E-state index < -0.39 is 0 Å². The molecule has 0 atom stereocenters. The van der Waals surface area contributed by atoms with Crippen LogP contribution in [-0.4, -0.2) is 16.1 Å². The van der Waals surface area contributed by atoms with E-state index in [4.69, 9.17) is 0 Å². The van der Waals surface area contributed by atoms with Crippen molar-refractivity contribution in [1.82, 2.24) is 14.9 Å². The van der Waals surface area contributed by atoms with Crippen LogP contribution in [0.4, 0.5) is 0 Å². The van der Waals surface area contributed by atoms with Gasteiger partial charge in [-0.05, 0) is 37.4 Å². The summed E-state index contributed by atoms with van der Waals surface area (Å²) >= 11 is 1.72. The fraction of sp³-hybridized carbons (Fsp3) is 0.353. The highest BCUT2D eigenvalue weighted by Crippen LogP contribution is 2.22. The third kappa shape index (κ3) is 3.17. The Hall–Kier alpha value is -1.65. The van der Waals surface area contributed by atoms with Gasteiger partial charge in [0.2, 0.25) is 0 Å². The monoisotopic (exact) mass is 299 g/mol. The van der Waals surface area contributed by atoms with Crippen molar-refractivity contribution in [3.8, 4) is 0 Å². The summed E-state index contributed by atoms with van der Waals surface area (Å²) in [4.78, 5) is 4.61. The standard InChI is InChI=1S/C17H21N3S/c1-3-8-18-10-16-9-14-6-4-5-7-17(14)20(16)11-15-12-21-13(2)19-15/h4-7,9,12,18H,3,8,10-11H2,1-2H3. The first-order chi connectivity index (χ1) is 10.3. The van der Waals surface area contributed by atoms with E-state index in [-0.39, 0.29) is 0 Å². The molecule has 0 fully saturated rings. The van der Waals surface area contributed by atoms with Crippen molar-refractivity contribution in [2.24, 2.45) is 0 Å². The highest BCUT2D eigenvalue weighted by molar-refractivity contribution is 7.09. The molecule has 0 amide bonds. The van der Waals surface area contributed by atoms with Crippen LogP contribution in [0.1, 0.15) is 29.7 Å². The molecule has 0 saturated heterocycles. The summed E-state index contributed by atoms with van der Waals surface area (Å²) in [7, 11) is 0. The normalized spacial score (nSPS) is 11.3. The van der Waals surface area contributed by atoms with Crippen LogP contribution in [0.2, 0.25) is 0 Å². The highest BCUT2D eigenvalue weighted by Gasteiger charge is 2.10. The van der Waals surface area contributed by atoms with Crippen LogP contribution in [0.3, 0.4) is 0 Å². The lowest BCUT2D eigenvalue weighted by Gasteiger charge is -2.10. The van der Waals surface area contributed by atoms with Crippen LogP contribution in [0.25, 0.3) is 10.9 Å². The van der Waals surface area contributed by atoms with Crippen LogP contribution in [0.5, 0.6) is 0 Å². The lowest BCUT2D eigenvalue weighted by Crippen LogP contribution is -2.17. The van der Waals surface area contributed by atoms with E-state index in [1.54, 1.807) is 11.3 Å². The van der Waals surface area contributed by atoms with Crippen molar-refractivity contribution >= 4 is 22.2 Å². The molecule has 2 heterocycles. The van der Waals surface area contributed by atoms with Crippen LogP contribution in [-0.2, 0) is 13.1 Å². The third-order valence-corrected chi connectivity index (χ3v) is 4.44. The number of nitrogens with one attached hydrogen (secondary N) is 1. The Kier molecular flexibility index (Phi) is 4.36. The first kappa shape index (κ1) is 14.3. The van der Waals surface area contributed by atoms with Gasteiger partial charge in [0.05, 0.1) is 17.2 Å². The van der Waals surface area contributed by atoms with Crippen LogP contribution < -0.4 is 5.32 Å². The molecule has 0 radical (unpaired) electrons. The zero-order chi connectivity index (χ0) is 14.7. The zero-order valence-corrected chi connectivity index (χ0v) is 13.4. The van der Waals surface area contributed by atoms with Gasteiger partial charge in [-0.2, -0.15) is 0 Å². The van der Waals surface area contributed by atoms with Gasteiger partial charge in [0.25, 0.3) is 0 Å². The second-order valence-electron chi connectivity index (χ2n) is 5.32. The number of hydrogen-bond donors (Lipinski definition) is 1. The summed E-state index contributed by atoms with van der Waals surface area (Å²) in [6.45, 7) is 7.07. The van der Waals surface area contributed by atoms with E-state index >= 15 is 0 Å². The van der Waals surface area contributed by atoms with Gasteiger partial charge in [0.1, 0.15) is 0 Å². The lowest BCUT2D eigenvalue weighted by molar-refractivity contribution is 0.634.